The van der Waals surface area contributed by atoms with Crippen molar-refractivity contribution >= 4 is 6.09 Å². The zero-order chi connectivity index (χ0) is 17.5. The van der Waals surface area contributed by atoms with Gasteiger partial charge in [0, 0.05) is 31.2 Å². The second-order valence-electron chi connectivity index (χ2n) is 8.24. The van der Waals surface area contributed by atoms with Crippen molar-refractivity contribution < 1.29 is 14.6 Å². The Morgan fingerprint density at radius 1 is 1.22 bits per heavy atom. The molecule has 0 radical (unpaired) electrons. The highest BCUT2D eigenvalue weighted by Crippen LogP contribution is 2.26. The van der Waals surface area contributed by atoms with Crippen molar-refractivity contribution in [3.63, 3.8) is 0 Å². The van der Waals surface area contributed by atoms with Crippen molar-refractivity contribution in [1.82, 2.24) is 10.6 Å². The highest BCUT2D eigenvalue weighted by molar-refractivity contribution is 5.67. The van der Waals surface area contributed by atoms with E-state index in [2.05, 4.69) is 24.5 Å². The third-order valence-corrected chi connectivity index (χ3v) is 4.84. The smallest absolute Gasteiger partial charge is 0.407 e. The molecule has 3 atom stereocenters. The van der Waals surface area contributed by atoms with E-state index in [0.717, 1.165) is 25.8 Å². The molecule has 0 spiro atoms. The van der Waals surface area contributed by atoms with Crippen molar-refractivity contribution in [2.45, 2.75) is 78.4 Å². The average molecular weight is 328 g/mol. The van der Waals surface area contributed by atoms with Gasteiger partial charge < -0.3 is 20.5 Å². The molecule has 3 unspecified atom stereocenters. The first-order chi connectivity index (χ1) is 10.7. The first kappa shape index (κ1) is 20.2. The summed E-state index contributed by atoms with van der Waals surface area (Å²) < 4.78 is 5.31. The van der Waals surface area contributed by atoms with Crippen LogP contribution in [-0.4, -0.2) is 42.5 Å². The van der Waals surface area contributed by atoms with E-state index >= 15 is 0 Å². The number of aliphatic hydroxyl groups is 1. The summed E-state index contributed by atoms with van der Waals surface area (Å²) in [5, 5.41) is 16.1. The quantitative estimate of drug-likeness (QED) is 0.672. The number of rotatable bonds is 7. The van der Waals surface area contributed by atoms with Crippen molar-refractivity contribution in [1.29, 1.82) is 0 Å². The van der Waals surface area contributed by atoms with Gasteiger partial charge in [0.15, 0.2) is 0 Å². The minimum Gasteiger partial charge on any atom is -0.444 e. The third kappa shape index (κ3) is 7.53. The Morgan fingerprint density at radius 3 is 2.43 bits per heavy atom. The Hall–Kier alpha value is -0.810. The van der Waals surface area contributed by atoms with Crippen LogP contribution >= 0.6 is 0 Å². The molecule has 5 nitrogen and oxygen atoms in total. The van der Waals surface area contributed by atoms with E-state index in [1.165, 1.54) is 12.8 Å². The van der Waals surface area contributed by atoms with E-state index in [-0.39, 0.29) is 18.1 Å². The minimum atomic E-state index is -0.460. The lowest BCUT2D eigenvalue weighted by Crippen LogP contribution is -2.48. The van der Waals surface area contributed by atoms with Crippen LogP contribution < -0.4 is 10.6 Å². The Labute approximate surface area is 141 Å². The molecule has 1 amide bonds. The van der Waals surface area contributed by atoms with Gasteiger partial charge in [-0.25, -0.2) is 4.79 Å². The summed E-state index contributed by atoms with van der Waals surface area (Å²) in [7, 11) is 0. The highest BCUT2D eigenvalue weighted by Gasteiger charge is 2.29. The summed E-state index contributed by atoms with van der Waals surface area (Å²) in [6.07, 6.45) is 5.30. The molecule has 0 aromatic carbocycles. The molecular formula is C18H36N2O3. The number of hydrogen-bond donors (Lipinski definition) is 3. The van der Waals surface area contributed by atoms with Crippen LogP contribution in [0, 0.1) is 11.3 Å². The van der Waals surface area contributed by atoms with Crippen molar-refractivity contribution in [3.05, 3.63) is 0 Å². The molecule has 0 aliphatic heterocycles. The van der Waals surface area contributed by atoms with E-state index in [0.29, 0.717) is 18.5 Å². The van der Waals surface area contributed by atoms with Gasteiger partial charge >= 0.3 is 6.09 Å². The van der Waals surface area contributed by atoms with Crippen molar-refractivity contribution in [2.75, 3.05) is 19.7 Å². The van der Waals surface area contributed by atoms with Gasteiger partial charge in [0.1, 0.15) is 5.60 Å². The predicted molar refractivity (Wildman–Crippen MR) is 93.5 cm³/mol. The molecular weight excluding hydrogens is 292 g/mol. The molecule has 0 heterocycles. The Morgan fingerprint density at radius 2 is 1.87 bits per heavy atom. The standard InChI is InChI=1S/C18H36N2O3/c1-6-18(5,13-21)12-20-15-10-8-7-9-14(15)11-19-16(22)23-17(2,3)4/h14-15,20-21H,6-13H2,1-5H3,(H,19,22). The minimum absolute atomic E-state index is 0.0689. The molecule has 0 aromatic heterocycles. The summed E-state index contributed by atoms with van der Waals surface area (Å²) >= 11 is 0. The van der Waals surface area contributed by atoms with Gasteiger partial charge in [0.05, 0.1) is 0 Å². The number of carbonyl (C=O) groups is 1. The fraction of sp³-hybridized carbons (Fsp3) is 0.944. The number of carbonyl (C=O) groups excluding carboxylic acids is 1. The van der Waals surface area contributed by atoms with Crippen molar-refractivity contribution in [3.8, 4) is 0 Å². The zero-order valence-electron chi connectivity index (χ0n) is 15.6. The summed E-state index contributed by atoms with van der Waals surface area (Å²) in [4.78, 5) is 11.8. The molecule has 5 heteroatoms. The van der Waals surface area contributed by atoms with Gasteiger partial charge in [-0.1, -0.05) is 26.7 Å². The molecule has 23 heavy (non-hydrogen) atoms. The lowest BCUT2D eigenvalue weighted by atomic mass is 9.82. The maximum atomic E-state index is 11.8. The SMILES string of the molecule is CCC(C)(CO)CNC1CCCCC1CNC(=O)OC(C)(C)C. The molecule has 3 N–H and O–H groups in total. The van der Waals surface area contributed by atoms with Crippen LogP contribution in [0.2, 0.25) is 0 Å². The largest absolute Gasteiger partial charge is 0.444 e. The van der Waals surface area contributed by atoms with Crippen LogP contribution in [0.5, 0.6) is 0 Å². The van der Waals surface area contributed by atoms with E-state index in [1.807, 2.05) is 20.8 Å². The predicted octanol–water partition coefficient (Wildman–Crippen LogP) is 3.07. The van der Waals surface area contributed by atoms with Crippen molar-refractivity contribution in [2.24, 2.45) is 11.3 Å². The molecule has 1 rings (SSSR count). The summed E-state index contributed by atoms with van der Waals surface area (Å²) in [6, 6.07) is 0.399. The molecule has 0 aromatic rings. The maximum Gasteiger partial charge on any atom is 0.407 e. The van der Waals surface area contributed by atoms with Crippen LogP contribution in [0.15, 0.2) is 0 Å². The van der Waals surface area contributed by atoms with Gasteiger partial charge in [-0.15, -0.1) is 0 Å². The van der Waals surface area contributed by atoms with Crippen LogP contribution in [0.3, 0.4) is 0 Å². The fourth-order valence-electron chi connectivity index (χ4n) is 2.92. The van der Waals surface area contributed by atoms with Crippen LogP contribution in [-0.2, 0) is 4.74 Å². The van der Waals surface area contributed by atoms with E-state index < -0.39 is 5.60 Å². The fourth-order valence-corrected chi connectivity index (χ4v) is 2.92. The Bertz CT molecular complexity index is 362. The number of aliphatic hydroxyl groups excluding tert-OH is 1. The summed E-state index contributed by atoms with van der Waals surface area (Å²) in [6.45, 7) is 11.5. The summed E-state index contributed by atoms with van der Waals surface area (Å²) in [5.74, 6) is 0.427. The van der Waals surface area contributed by atoms with Gasteiger partial charge in [-0.2, -0.15) is 0 Å². The lowest BCUT2D eigenvalue weighted by molar-refractivity contribution is 0.0508. The molecule has 136 valence electrons. The summed E-state index contributed by atoms with van der Waals surface area (Å²) in [5.41, 5.74) is -0.529. The maximum absolute atomic E-state index is 11.8. The third-order valence-electron chi connectivity index (χ3n) is 4.84. The number of nitrogens with one attached hydrogen (secondary N) is 2. The van der Waals surface area contributed by atoms with Gasteiger partial charge in [0.2, 0.25) is 0 Å². The number of amides is 1. The van der Waals surface area contributed by atoms with Gasteiger partial charge in [-0.3, -0.25) is 0 Å². The topological polar surface area (TPSA) is 70.6 Å². The first-order valence-corrected chi connectivity index (χ1v) is 9.00. The zero-order valence-corrected chi connectivity index (χ0v) is 15.6. The van der Waals surface area contributed by atoms with E-state index in [1.54, 1.807) is 0 Å². The second-order valence-corrected chi connectivity index (χ2v) is 8.24. The molecule has 0 bridgehead atoms. The van der Waals surface area contributed by atoms with Crippen LogP contribution in [0.25, 0.3) is 0 Å². The van der Waals surface area contributed by atoms with Crippen LogP contribution in [0.1, 0.15) is 66.7 Å². The normalized spacial score (nSPS) is 24.8. The van der Waals surface area contributed by atoms with E-state index in [9.17, 15) is 9.90 Å². The molecule has 1 aliphatic carbocycles. The number of alkyl carbamates (subject to hydrolysis) is 1. The Balaban J connectivity index is 2.47. The lowest BCUT2D eigenvalue weighted by Gasteiger charge is -2.36. The van der Waals surface area contributed by atoms with E-state index in [4.69, 9.17) is 4.74 Å². The van der Waals surface area contributed by atoms with Gasteiger partial charge in [0.25, 0.3) is 0 Å². The van der Waals surface area contributed by atoms with Crippen LogP contribution in [0.4, 0.5) is 4.79 Å². The van der Waals surface area contributed by atoms with Gasteiger partial charge in [-0.05, 0) is 46.0 Å². The molecule has 1 aliphatic rings. The second kappa shape index (κ2) is 8.88. The number of ether oxygens (including phenoxy) is 1. The first-order valence-electron chi connectivity index (χ1n) is 9.00. The Kier molecular flexibility index (Phi) is 7.81. The highest BCUT2D eigenvalue weighted by atomic mass is 16.6. The molecule has 1 fully saturated rings. The monoisotopic (exact) mass is 328 g/mol. The average Bonchev–Trinajstić information content (AvgIpc) is 2.49. The molecule has 1 saturated carbocycles. The molecule has 0 saturated heterocycles. The number of hydrogen-bond acceptors (Lipinski definition) is 4.